The molecule has 1 fully saturated rings. The first-order chi connectivity index (χ1) is 9.95. The molecule has 21 heavy (non-hydrogen) atoms. The zero-order valence-electron chi connectivity index (χ0n) is 13.8. The molecule has 0 bridgehead atoms. The van der Waals surface area contributed by atoms with Crippen molar-refractivity contribution < 1.29 is 14.3 Å². The summed E-state index contributed by atoms with van der Waals surface area (Å²) in [5.41, 5.74) is 2.12. The Morgan fingerprint density at radius 3 is 2.57 bits per heavy atom. The van der Waals surface area contributed by atoms with Crippen molar-refractivity contribution in [2.24, 2.45) is 5.92 Å². The summed E-state index contributed by atoms with van der Waals surface area (Å²) in [6.07, 6.45) is 3.79. The fourth-order valence-corrected chi connectivity index (χ4v) is 3.46. The Morgan fingerprint density at radius 2 is 2.00 bits per heavy atom. The van der Waals surface area contributed by atoms with Gasteiger partial charge in [-0.2, -0.15) is 0 Å². The lowest BCUT2D eigenvalue weighted by molar-refractivity contribution is -0.0304. The van der Waals surface area contributed by atoms with Crippen molar-refractivity contribution in [2.45, 2.75) is 52.1 Å². The fourth-order valence-electron chi connectivity index (χ4n) is 3.46. The normalized spacial score (nSPS) is 25.7. The summed E-state index contributed by atoms with van der Waals surface area (Å²) in [6, 6.07) is 3.87. The highest BCUT2D eigenvalue weighted by Gasteiger charge is 2.43. The van der Waals surface area contributed by atoms with E-state index in [4.69, 9.17) is 9.47 Å². The van der Waals surface area contributed by atoms with Crippen LogP contribution in [0.1, 0.15) is 54.1 Å². The quantitative estimate of drug-likeness (QED) is 0.783. The summed E-state index contributed by atoms with van der Waals surface area (Å²) >= 11 is 0. The Balaban J connectivity index is 2.45. The molecule has 2 rings (SSSR count). The van der Waals surface area contributed by atoms with Gasteiger partial charge in [0, 0.05) is 7.11 Å². The van der Waals surface area contributed by atoms with Gasteiger partial charge in [0.1, 0.15) is 11.4 Å². The van der Waals surface area contributed by atoms with Gasteiger partial charge in [0.05, 0.1) is 12.7 Å². The van der Waals surface area contributed by atoms with Crippen molar-refractivity contribution >= 4 is 5.78 Å². The second-order valence-corrected chi connectivity index (χ2v) is 6.32. The van der Waals surface area contributed by atoms with Crippen LogP contribution in [0.2, 0.25) is 0 Å². The van der Waals surface area contributed by atoms with Crippen molar-refractivity contribution in [3.63, 3.8) is 0 Å². The third kappa shape index (κ3) is 2.84. The number of carbonyl (C=O) groups is 1. The first-order valence-corrected chi connectivity index (χ1v) is 7.69. The van der Waals surface area contributed by atoms with E-state index in [-0.39, 0.29) is 5.78 Å². The number of ketones is 1. The van der Waals surface area contributed by atoms with Crippen LogP contribution in [0.3, 0.4) is 0 Å². The zero-order valence-corrected chi connectivity index (χ0v) is 13.8. The minimum absolute atomic E-state index is 0.0662. The van der Waals surface area contributed by atoms with Gasteiger partial charge < -0.3 is 9.47 Å². The van der Waals surface area contributed by atoms with Crippen molar-refractivity contribution in [3.05, 3.63) is 28.8 Å². The summed E-state index contributed by atoms with van der Waals surface area (Å²) < 4.78 is 11.2. The molecule has 1 saturated carbocycles. The predicted molar refractivity (Wildman–Crippen MR) is 84.2 cm³/mol. The van der Waals surface area contributed by atoms with E-state index < -0.39 is 5.60 Å². The van der Waals surface area contributed by atoms with E-state index in [1.165, 1.54) is 6.42 Å². The van der Waals surface area contributed by atoms with Crippen molar-refractivity contribution in [2.75, 3.05) is 14.2 Å². The fraction of sp³-hybridized carbons (Fsp3) is 0.611. The minimum Gasteiger partial charge on any atom is -0.496 e. The summed E-state index contributed by atoms with van der Waals surface area (Å²) in [4.78, 5) is 13.1. The molecule has 0 spiro atoms. The molecule has 2 unspecified atom stereocenters. The van der Waals surface area contributed by atoms with Gasteiger partial charge in [0.25, 0.3) is 0 Å². The van der Waals surface area contributed by atoms with E-state index in [9.17, 15) is 4.79 Å². The highest BCUT2D eigenvalue weighted by molar-refractivity contribution is 6.05. The molecule has 1 aliphatic carbocycles. The maximum atomic E-state index is 13.1. The summed E-state index contributed by atoms with van der Waals surface area (Å²) in [5, 5.41) is 0. The van der Waals surface area contributed by atoms with Crippen LogP contribution in [0.4, 0.5) is 0 Å². The Morgan fingerprint density at radius 1 is 1.29 bits per heavy atom. The monoisotopic (exact) mass is 290 g/mol. The van der Waals surface area contributed by atoms with Crippen LogP contribution in [0.15, 0.2) is 12.1 Å². The molecular formula is C18H26O3. The molecule has 0 aromatic heterocycles. The molecule has 1 aliphatic rings. The molecular weight excluding hydrogens is 264 g/mol. The highest BCUT2D eigenvalue weighted by Crippen LogP contribution is 2.39. The number of Topliss-reactive ketones (excluding diaryl/α,β-unsaturated/α-hetero) is 1. The van der Waals surface area contributed by atoms with Gasteiger partial charge in [-0.1, -0.05) is 19.4 Å². The first-order valence-electron chi connectivity index (χ1n) is 7.69. The molecule has 0 saturated heterocycles. The molecule has 3 heteroatoms. The van der Waals surface area contributed by atoms with Gasteiger partial charge in [-0.3, -0.25) is 4.79 Å². The van der Waals surface area contributed by atoms with E-state index in [1.54, 1.807) is 14.2 Å². The lowest BCUT2D eigenvalue weighted by atomic mass is 9.74. The van der Waals surface area contributed by atoms with Gasteiger partial charge in [-0.15, -0.1) is 0 Å². The highest BCUT2D eigenvalue weighted by atomic mass is 16.5. The Kier molecular flexibility index (Phi) is 4.72. The largest absolute Gasteiger partial charge is 0.496 e. The van der Waals surface area contributed by atoms with Crippen LogP contribution >= 0.6 is 0 Å². The minimum atomic E-state index is -0.688. The number of ether oxygens (including phenoxy) is 2. The Labute approximate surface area is 127 Å². The molecule has 0 amide bonds. The summed E-state index contributed by atoms with van der Waals surface area (Å²) in [6.45, 7) is 6.21. The van der Waals surface area contributed by atoms with Crippen LogP contribution < -0.4 is 4.74 Å². The van der Waals surface area contributed by atoms with Crippen molar-refractivity contribution in [3.8, 4) is 5.75 Å². The molecule has 0 radical (unpaired) electrons. The van der Waals surface area contributed by atoms with Crippen LogP contribution in [0.25, 0.3) is 0 Å². The molecule has 0 heterocycles. The standard InChI is InChI=1S/C18H26O3/c1-12-7-6-10-18(11-12,21-5)17(19)15-9-8-13(2)14(3)16(15)20-4/h8-9,12H,6-7,10-11H2,1-5H3. The lowest BCUT2D eigenvalue weighted by Crippen LogP contribution is -2.44. The molecule has 1 aromatic carbocycles. The first kappa shape index (κ1) is 16.0. The van der Waals surface area contributed by atoms with E-state index in [1.807, 2.05) is 26.0 Å². The van der Waals surface area contributed by atoms with Gasteiger partial charge >= 0.3 is 0 Å². The predicted octanol–water partition coefficient (Wildman–Crippen LogP) is 4.09. The lowest BCUT2D eigenvalue weighted by Gasteiger charge is -2.38. The van der Waals surface area contributed by atoms with Crippen molar-refractivity contribution in [1.29, 1.82) is 0 Å². The average Bonchev–Trinajstić information content (AvgIpc) is 2.49. The number of aryl methyl sites for hydroxylation is 1. The van der Waals surface area contributed by atoms with E-state index in [0.29, 0.717) is 17.2 Å². The topological polar surface area (TPSA) is 35.5 Å². The molecule has 3 nitrogen and oxygen atoms in total. The molecule has 1 aromatic rings. The Hall–Kier alpha value is -1.35. The van der Waals surface area contributed by atoms with Crippen LogP contribution in [-0.4, -0.2) is 25.6 Å². The second-order valence-electron chi connectivity index (χ2n) is 6.32. The van der Waals surface area contributed by atoms with Gasteiger partial charge in [-0.05, 0) is 56.2 Å². The third-order valence-electron chi connectivity index (χ3n) is 4.89. The molecule has 0 aliphatic heterocycles. The molecule has 116 valence electrons. The maximum absolute atomic E-state index is 13.1. The summed E-state index contributed by atoms with van der Waals surface area (Å²) in [7, 11) is 3.28. The SMILES string of the molecule is COc1c(C(=O)C2(OC)CCCC(C)C2)ccc(C)c1C. The summed E-state index contributed by atoms with van der Waals surface area (Å²) in [5.74, 6) is 1.27. The zero-order chi connectivity index (χ0) is 15.6. The van der Waals surface area contributed by atoms with Gasteiger partial charge in [0.15, 0.2) is 5.78 Å². The van der Waals surface area contributed by atoms with Crippen LogP contribution in [0.5, 0.6) is 5.75 Å². The van der Waals surface area contributed by atoms with Crippen LogP contribution in [-0.2, 0) is 4.74 Å². The van der Waals surface area contributed by atoms with Crippen molar-refractivity contribution in [1.82, 2.24) is 0 Å². The van der Waals surface area contributed by atoms with E-state index in [0.717, 1.165) is 30.4 Å². The van der Waals surface area contributed by atoms with Gasteiger partial charge in [0.2, 0.25) is 0 Å². The number of methoxy groups -OCH3 is 2. The number of rotatable bonds is 4. The van der Waals surface area contributed by atoms with E-state index in [2.05, 4.69) is 6.92 Å². The maximum Gasteiger partial charge on any atom is 0.198 e. The second kappa shape index (κ2) is 6.18. The number of hydrogen-bond donors (Lipinski definition) is 0. The molecule has 2 atom stereocenters. The Bertz CT molecular complexity index is 536. The average molecular weight is 290 g/mol. The number of hydrogen-bond acceptors (Lipinski definition) is 3. The molecule has 0 N–H and O–H groups in total. The smallest absolute Gasteiger partial charge is 0.198 e. The van der Waals surface area contributed by atoms with E-state index >= 15 is 0 Å². The third-order valence-corrected chi connectivity index (χ3v) is 4.89. The number of benzene rings is 1. The number of carbonyl (C=O) groups excluding carboxylic acids is 1. The van der Waals surface area contributed by atoms with Gasteiger partial charge in [-0.25, -0.2) is 0 Å². The van der Waals surface area contributed by atoms with Crippen LogP contribution in [0, 0.1) is 19.8 Å².